The molecule has 14 heavy (non-hydrogen) atoms. The van der Waals surface area contributed by atoms with Crippen molar-refractivity contribution in [2.75, 3.05) is 4.72 Å². The number of halogens is 2. The Morgan fingerprint density at radius 2 is 2.07 bits per heavy atom. The van der Waals surface area contributed by atoms with E-state index in [2.05, 4.69) is 74.8 Å². The van der Waals surface area contributed by atoms with Gasteiger partial charge in [0.15, 0.2) is 0 Å². The molecule has 1 nitrogen and oxygen atoms in total. The lowest BCUT2D eigenvalue weighted by molar-refractivity contribution is 0.859. The Hall–Kier alpha value is 0.580. The summed E-state index contributed by atoms with van der Waals surface area (Å²) in [6, 6.07) is 4.39. The average Bonchev–Trinajstić information content (AvgIpc) is 2.10. The summed E-state index contributed by atoms with van der Waals surface area (Å²) in [5, 5.41) is 0. The number of benzene rings is 1. The Balaban J connectivity index is 3.10. The van der Waals surface area contributed by atoms with E-state index in [9.17, 15) is 0 Å². The van der Waals surface area contributed by atoms with Crippen LogP contribution in [0, 0.1) is 6.92 Å². The first-order valence-corrected chi connectivity index (χ1v) is 8.55. The van der Waals surface area contributed by atoms with Gasteiger partial charge in [-0.1, -0.05) is 35.8 Å². The van der Waals surface area contributed by atoms with Gasteiger partial charge in [-0.3, -0.25) is 0 Å². The molecule has 1 aromatic rings. The predicted octanol–water partition coefficient (Wildman–Crippen LogP) is 5.29. The smallest absolute Gasteiger partial charge is 0.0487 e. The predicted molar refractivity (Wildman–Crippen MR) is 78.2 cm³/mol. The average molecular weight is 386 g/mol. The van der Waals surface area contributed by atoms with Gasteiger partial charge in [0, 0.05) is 40.5 Å². The van der Waals surface area contributed by atoms with Gasteiger partial charge in [0.25, 0.3) is 0 Å². The number of hydrogen-bond acceptors (Lipinski definition) is 2. The Labute approximate surface area is 110 Å². The van der Waals surface area contributed by atoms with Crippen LogP contribution in [0.3, 0.4) is 0 Å². The molecule has 0 atom stereocenters. The van der Waals surface area contributed by atoms with Crippen molar-refractivity contribution in [3.8, 4) is 0 Å². The van der Waals surface area contributed by atoms with Crippen molar-refractivity contribution >= 4 is 51.9 Å². The van der Waals surface area contributed by atoms with Gasteiger partial charge in [0.1, 0.15) is 0 Å². The highest BCUT2D eigenvalue weighted by atomic mass is 127. The number of hydrogen-bond donors (Lipinski definition) is 1. The molecule has 0 aliphatic heterocycles. The summed E-state index contributed by atoms with van der Waals surface area (Å²) in [7, 11) is 1.59. The van der Waals surface area contributed by atoms with Gasteiger partial charge in [-0.15, -0.1) is 0 Å². The normalized spacial score (nSPS) is 10.7. The summed E-state index contributed by atoms with van der Waals surface area (Å²) in [6.07, 6.45) is 0. The van der Waals surface area contributed by atoms with Gasteiger partial charge < -0.3 is 4.72 Å². The monoisotopic (exact) mass is 385 g/mol. The quantitative estimate of drug-likeness (QED) is 0.560. The van der Waals surface area contributed by atoms with Crippen molar-refractivity contribution in [1.29, 1.82) is 0 Å². The van der Waals surface area contributed by atoms with Crippen LogP contribution in [0.1, 0.15) is 30.9 Å². The molecule has 78 valence electrons. The number of rotatable bonds is 3. The van der Waals surface area contributed by atoms with Crippen molar-refractivity contribution in [1.82, 2.24) is 0 Å². The fourth-order valence-corrected chi connectivity index (χ4v) is 3.11. The molecule has 0 aliphatic rings. The fourth-order valence-electron chi connectivity index (χ4n) is 1.30. The minimum absolute atomic E-state index is 0.560. The van der Waals surface area contributed by atoms with Crippen LogP contribution in [0.5, 0.6) is 0 Å². The topological polar surface area (TPSA) is 12.0 Å². The summed E-state index contributed by atoms with van der Waals surface area (Å²) in [4.78, 5) is 0. The molecule has 0 fully saturated rings. The van der Waals surface area contributed by atoms with E-state index < -0.39 is 0 Å². The maximum atomic E-state index is 3.60. The third-order valence-corrected chi connectivity index (χ3v) is 3.76. The van der Waals surface area contributed by atoms with Crippen LogP contribution in [-0.2, 0) is 0 Å². The maximum absolute atomic E-state index is 3.60. The van der Waals surface area contributed by atoms with E-state index >= 15 is 0 Å². The molecule has 0 aliphatic carbocycles. The van der Waals surface area contributed by atoms with Crippen molar-refractivity contribution in [2.24, 2.45) is 0 Å². The van der Waals surface area contributed by atoms with Crippen LogP contribution in [-0.4, -0.2) is 0 Å². The van der Waals surface area contributed by atoms with Crippen LogP contribution in [0.15, 0.2) is 16.6 Å². The van der Waals surface area contributed by atoms with E-state index in [-0.39, 0.29) is 0 Å². The summed E-state index contributed by atoms with van der Waals surface area (Å²) in [5.74, 6) is 0.560. The van der Waals surface area contributed by atoms with E-state index in [1.54, 1.807) is 9.12 Å². The third-order valence-electron chi connectivity index (χ3n) is 2.11. The second-order valence-corrected chi connectivity index (χ2v) is 6.06. The SMILES string of the molecule is Cc1cc(C(C)C)c(Br)cc1NSI. The van der Waals surface area contributed by atoms with Gasteiger partial charge in [-0.2, -0.15) is 0 Å². The minimum Gasteiger partial charge on any atom is -0.321 e. The van der Waals surface area contributed by atoms with Crippen molar-refractivity contribution in [3.63, 3.8) is 0 Å². The van der Waals surface area contributed by atoms with E-state index in [4.69, 9.17) is 0 Å². The molecule has 0 aromatic heterocycles. The Morgan fingerprint density at radius 3 is 2.57 bits per heavy atom. The zero-order valence-electron chi connectivity index (χ0n) is 8.40. The summed E-state index contributed by atoms with van der Waals surface area (Å²) < 4.78 is 4.44. The van der Waals surface area contributed by atoms with Crippen LogP contribution in [0.25, 0.3) is 0 Å². The molecule has 1 N–H and O–H groups in total. The van der Waals surface area contributed by atoms with Crippen molar-refractivity contribution < 1.29 is 0 Å². The lowest BCUT2D eigenvalue weighted by Crippen LogP contribution is -1.94. The molecule has 0 saturated heterocycles. The van der Waals surface area contributed by atoms with Gasteiger partial charge >= 0.3 is 0 Å². The second-order valence-electron chi connectivity index (χ2n) is 3.52. The van der Waals surface area contributed by atoms with E-state index in [0.717, 1.165) is 0 Å². The largest absolute Gasteiger partial charge is 0.321 e. The van der Waals surface area contributed by atoms with Gasteiger partial charge in [0.2, 0.25) is 0 Å². The first-order chi connectivity index (χ1) is 6.56. The molecule has 0 amide bonds. The van der Waals surface area contributed by atoms with Gasteiger partial charge in [-0.05, 0) is 30.0 Å². The standard InChI is InChI=1S/C10H13BrINS/c1-6(2)8-4-7(3)10(13-14-12)5-9(8)11/h4-6,13H,1-3H3. The fraction of sp³-hybridized carbons (Fsp3) is 0.400. The molecule has 0 saturated carbocycles. The summed E-state index contributed by atoms with van der Waals surface area (Å²) in [5.41, 5.74) is 3.84. The highest BCUT2D eigenvalue weighted by molar-refractivity contribution is 14.2. The molecule has 0 unspecified atom stereocenters. The zero-order chi connectivity index (χ0) is 10.7. The number of nitrogens with one attached hydrogen (secondary N) is 1. The Bertz CT molecular complexity index is 328. The van der Waals surface area contributed by atoms with Gasteiger partial charge in [0.05, 0.1) is 0 Å². The molecule has 0 radical (unpaired) electrons. The van der Waals surface area contributed by atoms with Crippen LogP contribution in [0.4, 0.5) is 5.69 Å². The Kier molecular flexibility index (Phi) is 5.06. The maximum Gasteiger partial charge on any atom is 0.0487 e. The lowest BCUT2D eigenvalue weighted by atomic mass is 10.0. The number of anilines is 1. The molecule has 0 bridgehead atoms. The van der Waals surface area contributed by atoms with Crippen LogP contribution < -0.4 is 4.72 Å². The van der Waals surface area contributed by atoms with E-state index in [0.29, 0.717) is 5.92 Å². The van der Waals surface area contributed by atoms with Crippen molar-refractivity contribution in [3.05, 3.63) is 27.7 Å². The van der Waals surface area contributed by atoms with E-state index in [1.165, 1.54) is 21.3 Å². The van der Waals surface area contributed by atoms with Gasteiger partial charge in [-0.25, -0.2) is 0 Å². The molecule has 0 heterocycles. The third kappa shape index (κ3) is 3.03. The highest BCUT2D eigenvalue weighted by Crippen LogP contribution is 2.32. The first kappa shape index (κ1) is 12.6. The highest BCUT2D eigenvalue weighted by Gasteiger charge is 2.08. The number of aryl methyl sites for hydroxylation is 1. The lowest BCUT2D eigenvalue weighted by Gasteiger charge is -2.13. The first-order valence-electron chi connectivity index (χ1n) is 4.40. The van der Waals surface area contributed by atoms with Crippen LogP contribution >= 0.6 is 46.3 Å². The molecular weight excluding hydrogens is 373 g/mol. The minimum atomic E-state index is 0.560. The molecule has 1 aromatic carbocycles. The molecule has 1 rings (SSSR count). The summed E-state index contributed by atoms with van der Waals surface area (Å²) >= 11 is 5.83. The molecule has 4 heteroatoms. The second kappa shape index (κ2) is 5.61. The molecule has 0 spiro atoms. The summed E-state index contributed by atoms with van der Waals surface area (Å²) in [6.45, 7) is 6.55. The Morgan fingerprint density at radius 1 is 1.43 bits per heavy atom. The van der Waals surface area contributed by atoms with E-state index in [1.807, 2.05) is 0 Å². The van der Waals surface area contributed by atoms with Crippen molar-refractivity contribution in [2.45, 2.75) is 26.7 Å². The van der Waals surface area contributed by atoms with Crippen LogP contribution in [0.2, 0.25) is 0 Å². The molecular formula is C10H13BrINS. The zero-order valence-corrected chi connectivity index (χ0v) is 13.0.